The van der Waals surface area contributed by atoms with E-state index in [1.165, 1.54) is 4.90 Å². The van der Waals surface area contributed by atoms with Crippen LogP contribution < -0.4 is 5.32 Å². The molecule has 0 saturated carbocycles. The molecule has 2 unspecified atom stereocenters. The van der Waals surface area contributed by atoms with Crippen LogP contribution in [-0.2, 0) is 27.7 Å². The van der Waals surface area contributed by atoms with Gasteiger partial charge >= 0.3 is 12.1 Å². The van der Waals surface area contributed by atoms with Gasteiger partial charge in [-0.2, -0.15) is 0 Å². The number of aromatic hydroxyl groups is 1. The van der Waals surface area contributed by atoms with Crippen LogP contribution in [0, 0.1) is 37.5 Å². The van der Waals surface area contributed by atoms with Crippen molar-refractivity contribution in [1.82, 2.24) is 19.0 Å². The Labute approximate surface area is 308 Å². The number of urea groups is 1. The minimum absolute atomic E-state index is 0.0555. The summed E-state index contributed by atoms with van der Waals surface area (Å²) in [7, 11) is -3.26. The predicted molar refractivity (Wildman–Crippen MR) is 200 cm³/mol. The molecule has 4 heterocycles. The first-order valence-corrected chi connectivity index (χ1v) is 20.5. The molecule has 0 bridgehead atoms. The predicted octanol–water partition coefficient (Wildman–Crippen LogP) is 5.66. The molecule has 12 nitrogen and oxygen atoms in total. The van der Waals surface area contributed by atoms with Crippen LogP contribution in [0.15, 0.2) is 36.4 Å². The van der Waals surface area contributed by atoms with Gasteiger partial charge in [-0.1, -0.05) is 30.3 Å². The highest BCUT2D eigenvalue weighted by Gasteiger charge is 2.44. The molecule has 3 N–H and O–H groups in total. The number of nitrogens with one attached hydrogen (secondary N) is 1. The number of piperidine rings is 3. The highest BCUT2D eigenvalue weighted by Crippen LogP contribution is 2.38. The molecule has 3 saturated heterocycles. The number of carbonyl (C=O) groups excluding carboxylic acids is 2. The molecule has 0 aromatic heterocycles. The fourth-order valence-electron chi connectivity index (χ4n) is 9.13. The van der Waals surface area contributed by atoms with Crippen molar-refractivity contribution < 1.29 is 33.0 Å². The number of hydrogen-bond donors (Lipinski definition) is 3. The maximum atomic E-state index is 14.7. The van der Waals surface area contributed by atoms with E-state index < -0.39 is 33.5 Å². The second-order valence-electron chi connectivity index (χ2n) is 15.7. The molecule has 0 spiro atoms. The van der Waals surface area contributed by atoms with E-state index >= 15 is 0 Å². The van der Waals surface area contributed by atoms with Crippen molar-refractivity contribution >= 4 is 33.7 Å². The molecule has 2 aromatic carbocycles. The Morgan fingerprint density at radius 3 is 2.13 bits per heavy atom. The van der Waals surface area contributed by atoms with Gasteiger partial charge in [-0.15, -0.1) is 0 Å². The summed E-state index contributed by atoms with van der Waals surface area (Å²) >= 11 is 0. The second kappa shape index (κ2) is 15.6. The molecule has 13 heteroatoms. The topological polar surface area (TPSA) is 151 Å². The van der Waals surface area contributed by atoms with Crippen molar-refractivity contribution in [2.24, 2.45) is 23.7 Å². The third kappa shape index (κ3) is 7.90. The number of para-hydroxylation sites is 1. The Hall–Kier alpha value is -3.84. The maximum absolute atomic E-state index is 14.7. The Morgan fingerprint density at radius 1 is 0.904 bits per heavy atom. The fraction of sp³-hybridized carbons (Fsp3) is 0.615. The van der Waals surface area contributed by atoms with Crippen LogP contribution in [-0.4, -0.2) is 106 Å². The summed E-state index contributed by atoms with van der Waals surface area (Å²) in [5, 5.41) is 23.3. The fourth-order valence-corrected chi connectivity index (χ4v) is 10.4. The summed E-state index contributed by atoms with van der Waals surface area (Å²) in [5.41, 5.74) is 4.16. The Kier molecular flexibility index (Phi) is 11.4. The highest BCUT2D eigenvalue weighted by molar-refractivity contribution is 7.89. The standard InChI is InChI=1S/C39H55N5O7S/c1-25(2)52(50,51)42-17-11-30(12-18-42)29-9-15-41(16-10-29)37(46)33(23-28-21-26(3)36(45)27(4)22-28)32-14-20-44(39(48)49)35(24-32)43-19-13-31-7-5-6-8-34(31)40-38(43)47/h5-8,21-22,25,29-30,32-33,35,45H,9-20,23-24H2,1-4H3,(H,40,47)(H,48,49)/t32-,33?,35?/m1/s1. The van der Waals surface area contributed by atoms with Gasteiger partial charge in [0.15, 0.2) is 0 Å². The minimum Gasteiger partial charge on any atom is -0.507 e. The number of hydrogen-bond acceptors (Lipinski definition) is 6. The van der Waals surface area contributed by atoms with E-state index in [1.54, 1.807) is 23.1 Å². The maximum Gasteiger partial charge on any atom is 0.408 e. The van der Waals surface area contributed by atoms with E-state index in [4.69, 9.17) is 0 Å². The normalized spacial score (nSPS) is 23.2. The first-order chi connectivity index (χ1) is 24.7. The average molecular weight is 738 g/mol. The van der Waals surface area contributed by atoms with Gasteiger partial charge in [0.1, 0.15) is 11.9 Å². The van der Waals surface area contributed by atoms with Crippen molar-refractivity contribution in [3.05, 3.63) is 58.7 Å². The van der Waals surface area contributed by atoms with Crippen molar-refractivity contribution in [2.45, 2.75) is 90.5 Å². The summed E-state index contributed by atoms with van der Waals surface area (Å²) in [6, 6.07) is 11.1. The van der Waals surface area contributed by atoms with Crippen LogP contribution >= 0.6 is 0 Å². The zero-order valence-electron chi connectivity index (χ0n) is 31.0. The molecule has 3 atom stereocenters. The molecule has 52 heavy (non-hydrogen) atoms. The number of carboxylic acid groups (broad SMARTS) is 1. The van der Waals surface area contributed by atoms with Gasteiger partial charge < -0.3 is 25.3 Å². The number of carbonyl (C=O) groups is 3. The summed E-state index contributed by atoms with van der Waals surface area (Å²) < 4.78 is 27.1. The van der Waals surface area contributed by atoms with Crippen molar-refractivity contribution in [2.75, 3.05) is 44.6 Å². The van der Waals surface area contributed by atoms with E-state index in [-0.39, 0.29) is 30.2 Å². The number of benzene rings is 2. The van der Waals surface area contributed by atoms with Crippen LogP contribution in [0.3, 0.4) is 0 Å². The molecule has 0 radical (unpaired) electrons. The highest BCUT2D eigenvalue weighted by atomic mass is 32.2. The zero-order valence-corrected chi connectivity index (χ0v) is 31.8. The number of nitrogens with zero attached hydrogens (tertiary/aromatic N) is 4. The van der Waals surface area contributed by atoms with Gasteiger partial charge in [0.25, 0.3) is 0 Å². The zero-order chi connectivity index (χ0) is 37.3. The lowest BCUT2D eigenvalue weighted by molar-refractivity contribution is -0.140. The van der Waals surface area contributed by atoms with Crippen molar-refractivity contribution in [3.63, 3.8) is 0 Å². The number of anilines is 1. The van der Waals surface area contributed by atoms with Crippen LogP contribution in [0.5, 0.6) is 5.75 Å². The molecule has 4 amide bonds. The SMILES string of the molecule is Cc1cc(CC(C(=O)N2CCC(C3CCN(S(=O)(=O)C(C)C)CC3)CC2)[C@@H]2CCN(C(=O)O)C(N3CCc4ccccc4NC3=O)C2)cc(C)c1O. The quantitative estimate of drug-likeness (QED) is 0.316. The lowest BCUT2D eigenvalue weighted by atomic mass is 9.76. The van der Waals surface area contributed by atoms with E-state index in [0.717, 1.165) is 53.6 Å². The second-order valence-corrected chi connectivity index (χ2v) is 18.1. The number of phenolic OH excluding ortho intramolecular Hbond substituents is 1. The molecular weight excluding hydrogens is 683 g/mol. The number of sulfonamides is 1. The molecule has 3 fully saturated rings. The van der Waals surface area contributed by atoms with Gasteiger partial charge in [0, 0.05) is 50.9 Å². The summed E-state index contributed by atoms with van der Waals surface area (Å²) in [6.45, 7) is 10.1. The van der Waals surface area contributed by atoms with Gasteiger partial charge in [0.05, 0.1) is 5.25 Å². The lowest BCUT2D eigenvalue weighted by Crippen LogP contribution is -2.58. The monoisotopic (exact) mass is 737 g/mol. The van der Waals surface area contributed by atoms with Crippen molar-refractivity contribution in [1.29, 1.82) is 0 Å². The number of aryl methyl sites for hydroxylation is 2. The molecule has 0 aliphatic carbocycles. The van der Waals surface area contributed by atoms with E-state index in [1.807, 2.05) is 55.1 Å². The van der Waals surface area contributed by atoms with Crippen LogP contribution in [0.25, 0.3) is 0 Å². The first kappa shape index (κ1) is 37.9. The van der Waals surface area contributed by atoms with Gasteiger partial charge in [-0.05, 0) is 125 Å². The Bertz CT molecular complexity index is 1730. The van der Waals surface area contributed by atoms with Crippen molar-refractivity contribution in [3.8, 4) is 5.75 Å². The Balaban J connectivity index is 1.19. The molecular formula is C39H55N5O7S. The number of rotatable bonds is 8. The number of amides is 4. The van der Waals surface area contributed by atoms with Crippen LogP contribution in [0.1, 0.15) is 74.6 Å². The Morgan fingerprint density at radius 2 is 1.52 bits per heavy atom. The number of fused-ring (bicyclic) bond motifs is 1. The molecule has 2 aromatic rings. The minimum atomic E-state index is -3.26. The van der Waals surface area contributed by atoms with E-state index in [2.05, 4.69) is 5.32 Å². The lowest BCUT2D eigenvalue weighted by Gasteiger charge is -2.46. The van der Waals surface area contributed by atoms with Gasteiger partial charge in [-0.3, -0.25) is 9.69 Å². The molecule has 6 rings (SSSR count). The van der Waals surface area contributed by atoms with Crippen LogP contribution in [0.2, 0.25) is 0 Å². The molecule has 4 aliphatic rings. The molecule has 4 aliphatic heterocycles. The summed E-state index contributed by atoms with van der Waals surface area (Å²) in [6.07, 6.45) is 3.48. The largest absolute Gasteiger partial charge is 0.507 e. The average Bonchev–Trinajstić information content (AvgIpc) is 3.30. The van der Waals surface area contributed by atoms with E-state index in [0.29, 0.717) is 70.2 Å². The first-order valence-electron chi connectivity index (χ1n) is 19.0. The summed E-state index contributed by atoms with van der Waals surface area (Å²) in [4.78, 5) is 45.8. The smallest absolute Gasteiger partial charge is 0.408 e. The van der Waals surface area contributed by atoms with Gasteiger partial charge in [-0.25, -0.2) is 22.3 Å². The molecule has 284 valence electrons. The number of likely N-dealkylation sites (tertiary alicyclic amines) is 2. The van der Waals surface area contributed by atoms with Crippen LogP contribution in [0.4, 0.5) is 15.3 Å². The van der Waals surface area contributed by atoms with Gasteiger partial charge in [0.2, 0.25) is 15.9 Å². The van der Waals surface area contributed by atoms with E-state index in [9.17, 15) is 33.0 Å². The third-order valence-electron chi connectivity index (χ3n) is 12.2. The third-order valence-corrected chi connectivity index (χ3v) is 14.5. The summed E-state index contributed by atoms with van der Waals surface area (Å²) in [5.74, 6) is 0.550. The number of phenols is 1.